The molecule has 0 saturated heterocycles. The van der Waals surface area contributed by atoms with Crippen LogP contribution in [0.4, 0.5) is 23.0 Å². The Bertz CT molecular complexity index is 1300. The number of aromatic nitrogens is 3. The summed E-state index contributed by atoms with van der Waals surface area (Å²) in [5.74, 6) is 1.08. The molecular formula is C29H40ClN7O5. The molecule has 0 radical (unpaired) electrons. The Balaban J connectivity index is 1.44. The zero-order valence-electron chi connectivity index (χ0n) is 24.5. The minimum atomic E-state index is -0.241. The number of carbonyl (C=O) groups is 2. The number of nitrogens with zero attached hydrogens (tertiary/aromatic N) is 3. The van der Waals surface area contributed by atoms with Crippen molar-refractivity contribution in [3.05, 3.63) is 58.9 Å². The quantitative estimate of drug-likeness (QED) is 0.158. The van der Waals surface area contributed by atoms with Crippen molar-refractivity contribution in [2.24, 2.45) is 0 Å². The first-order valence-electron chi connectivity index (χ1n) is 13.8. The number of amides is 2. The van der Waals surface area contributed by atoms with E-state index in [0.29, 0.717) is 80.5 Å². The molecule has 0 fully saturated rings. The van der Waals surface area contributed by atoms with Gasteiger partial charge < -0.3 is 35.5 Å². The first-order valence-corrected chi connectivity index (χ1v) is 14.2. The van der Waals surface area contributed by atoms with Crippen molar-refractivity contribution in [1.29, 1.82) is 0 Å². The third-order valence-corrected chi connectivity index (χ3v) is 6.10. The molecule has 42 heavy (non-hydrogen) atoms. The van der Waals surface area contributed by atoms with Gasteiger partial charge in [-0.25, -0.2) is 9.67 Å². The smallest absolute Gasteiger partial charge is 0.253 e. The molecule has 2 aromatic heterocycles. The van der Waals surface area contributed by atoms with Crippen LogP contribution in [0.2, 0.25) is 5.02 Å². The molecule has 0 aliphatic heterocycles. The van der Waals surface area contributed by atoms with E-state index < -0.39 is 0 Å². The van der Waals surface area contributed by atoms with Gasteiger partial charge >= 0.3 is 0 Å². The summed E-state index contributed by atoms with van der Waals surface area (Å²) >= 11 is 6.45. The molecule has 3 aromatic rings. The molecule has 228 valence electrons. The second-order valence-corrected chi connectivity index (χ2v) is 10.0. The van der Waals surface area contributed by atoms with E-state index in [1.165, 1.54) is 6.92 Å². The number of hydrogen-bond acceptors (Lipinski definition) is 9. The molecule has 0 spiro atoms. The lowest BCUT2D eigenvalue weighted by molar-refractivity contribution is -0.119. The fourth-order valence-corrected chi connectivity index (χ4v) is 4.00. The lowest BCUT2D eigenvalue weighted by Crippen LogP contribution is -2.28. The number of para-hydroxylation sites is 1. The van der Waals surface area contributed by atoms with Crippen LogP contribution in [0.25, 0.3) is 0 Å². The van der Waals surface area contributed by atoms with Gasteiger partial charge in [0.2, 0.25) is 5.91 Å². The minimum Gasteiger partial charge on any atom is -0.377 e. The molecule has 0 bridgehead atoms. The number of pyridine rings is 1. The molecular weight excluding hydrogens is 562 g/mol. The summed E-state index contributed by atoms with van der Waals surface area (Å²) in [5, 5.41) is 17.0. The van der Waals surface area contributed by atoms with Gasteiger partial charge in [0.15, 0.2) is 0 Å². The molecule has 0 unspecified atom stereocenters. The molecule has 3 rings (SSSR count). The fraction of sp³-hybridized carbons (Fsp3) is 0.448. The highest BCUT2D eigenvalue weighted by atomic mass is 35.5. The zero-order valence-corrected chi connectivity index (χ0v) is 25.3. The normalized spacial score (nSPS) is 11.0. The van der Waals surface area contributed by atoms with Crippen molar-refractivity contribution in [3.63, 3.8) is 0 Å². The highest BCUT2D eigenvalue weighted by Gasteiger charge is 2.14. The summed E-state index contributed by atoms with van der Waals surface area (Å²) in [6.45, 7) is 10.8. The zero-order chi connectivity index (χ0) is 30.3. The van der Waals surface area contributed by atoms with Gasteiger partial charge in [-0.3, -0.25) is 9.59 Å². The van der Waals surface area contributed by atoms with Crippen molar-refractivity contribution >= 4 is 46.4 Å². The van der Waals surface area contributed by atoms with E-state index in [4.69, 9.17) is 25.8 Å². The molecule has 13 heteroatoms. The number of hydrogen-bond donors (Lipinski definition) is 4. The number of aryl methyl sites for hydroxylation is 1. The molecule has 0 saturated carbocycles. The van der Waals surface area contributed by atoms with Crippen LogP contribution in [0.3, 0.4) is 0 Å². The maximum absolute atomic E-state index is 12.9. The molecule has 1 aromatic carbocycles. The number of carbonyl (C=O) groups excluding carboxylic acids is 2. The van der Waals surface area contributed by atoms with Crippen LogP contribution < -0.4 is 21.3 Å². The maximum atomic E-state index is 12.9. The topological polar surface area (TPSA) is 141 Å². The third-order valence-electron chi connectivity index (χ3n) is 5.80. The standard InChI is InChI=1S/C29H40ClN7O5/c1-20(2)37-28(17-21(3)36-37)35-27-18-26(24(30)19-33-27)34-25-8-6-5-7-23(25)29(39)32-10-12-41-14-16-42-15-13-40-11-9-31-22(4)38/h5-8,17-20H,9-16H2,1-4H3,(H,31,38)(H,32,39)(H2,33,34,35). The van der Waals surface area contributed by atoms with E-state index in [2.05, 4.69) is 45.2 Å². The van der Waals surface area contributed by atoms with Gasteiger partial charge in [0, 0.05) is 38.2 Å². The molecule has 2 amide bonds. The van der Waals surface area contributed by atoms with Crippen molar-refractivity contribution in [2.45, 2.75) is 33.7 Å². The average molecular weight is 602 g/mol. The maximum Gasteiger partial charge on any atom is 0.253 e. The van der Waals surface area contributed by atoms with E-state index in [1.807, 2.05) is 29.8 Å². The van der Waals surface area contributed by atoms with Gasteiger partial charge in [-0.05, 0) is 32.9 Å². The lowest BCUT2D eigenvalue weighted by Gasteiger charge is -2.15. The highest BCUT2D eigenvalue weighted by molar-refractivity contribution is 6.33. The van der Waals surface area contributed by atoms with Crippen LogP contribution in [0.1, 0.15) is 42.9 Å². The molecule has 0 aliphatic carbocycles. The third kappa shape index (κ3) is 10.9. The number of halogens is 1. The lowest BCUT2D eigenvalue weighted by atomic mass is 10.1. The van der Waals surface area contributed by atoms with Crippen molar-refractivity contribution in [1.82, 2.24) is 25.4 Å². The number of nitrogens with one attached hydrogen (secondary N) is 4. The van der Waals surface area contributed by atoms with E-state index in [1.54, 1.807) is 24.4 Å². The molecule has 0 aliphatic rings. The van der Waals surface area contributed by atoms with Crippen LogP contribution in [0.5, 0.6) is 0 Å². The first-order chi connectivity index (χ1) is 20.2. The van der Waals surface area contributed by atoms with E-state index in [0.717, 1.165) is 11.5 Å². The van der Waals surface area contributed by atoms with Crippen molar-refractivity contribution < 1.29 is 23.8 Å². The van der Waals surface area contributed by atoms with Crippen LogP contribution in [0.15, 0.2) is 42.6 Å². The summed E-state index contributed by atoms with van der Waals surface area (Å²) in [6, 6.07) is 11.1. The Hall–Kier alpha value is -3.71. The van der Waals surface area contributed by atoms with Crippen LogP contribution >= 0.6 is 11.6 Å². The fourth-order valence-electron chi connectivity index (χ4n) is 3.85. The highest BCUT2D eigenvalue weighted by Crippen LogP contribution is 2.30. The van der Waals surface area contributed by atoms with Crippen molar-refractivity contribution in [3.8, 4) is 0 Å². The van der Waals surface area contributed by atoms with Crippen LogP contribution in [0, 0.1) is 6.92 Å². The Kier molecular flexibility index (Phi) is 13.5. The van der Waals surface area contributed by atoms with E-state index in [-0.39, 0.29) is 17.9 Å². The summed E-state index contributed by atoms with van der Waals surface area (Å²) in [4.78, 5) is 28.1. The van der Waals surface area contributed by atoms with Crippen LogP contribution in [-0.2, 0) is 19.0 Å². The van der Waals surface area contributed by atoms with Crippen LogP contribution in [-0.4, -0.2) is 79.3 Å². The first kappa shape index (κ1) is 32.8. The van der Waals surface area contributed by atoms with Crippen molar-refractivity contribution in [2.75, 3.05) is 63.4 Å². The summed E-state index contributed by atoms with van der Waals surface area (Å²) in [7, 11) is 0. The number of ether oxygens (including phenoxy) is 3. The molecule has 12 nitrogen and oxygen atoms in total. The molecule has 2 heterocycles. The Morgan fingerprint density at radius 1 is 0.905 bits per heavy atom. The summed E-state index contributed by atoms with van der Waals surface area (Å²) < 4.78 is 18.2. The monoisotopic (exact) mass is 601 g/mol. The number of rotatable bonds is 18. The van der Waals surface area contributed by atoms with E-state index in [9.17, 15) is 9.59 Å². The average Bonchev–Trinajstić information content (AvgIpc) is 3.33. The summed E-state index contributed by atoms with van der Waals surface area (Å²) in [5.41, 5.74) is 2.57. The second-order valence-electron chi connectivity index (χ2n) is 9.63. The molecule has 0 atom stereocenters. The minimum absolute atomic E-state index is 0.0803. The number of anilines is 4. The number of benzene rings is 1. The predicted octanol–water partition coefficient (Wildman–Crippen LogP) is 4.22. The molecule has 4 N–H and O–H groups in total. The van der Waals surface area contributed by atoms with E-state index >= 15 is 0 Å². The largest absolute Gasteiger partial charge is 0.377 e. The van der Waals surface area contributed by atoms with Gasteiger partial charge in [0.25, 0.3) is 5.91 Å². The second kappa shape index (κ2) is 17.3. The SMILES string of the molecule is CC(=O)NCCOCCOCCOCCNC(=O)c1ccccc1Nc1cc(Nc2cc(C)nn2C(C)C)ncc1Cl. The Morgan fingerprint density at radius 2 is 1.55 bits per heavy atom. The van der Waals surface area contributed by atoms with Gasteiger partial charge in [-0.1, -0.05) is 23.7 Å². The predicted molar refractivity (Wildman–Crippen MR) is 163 cm³/mol. The summed E-state index contributed by atoms with van der Waals surface area (Å²) in [6.07, 6.45) is 1.56. The van der Waals surface area contributed by atoms with Gasteiger partial charge in [-0.2, -0.15) is 5.10 Å². The van der Waals surface area contributed by atoms with Gasteiger partial charge in [-0.15, -0.1) is 0 Å². The Labute approximate surface area is 251 Å². The Morgan fingerprint density at radius 3 is 2.21 bits per heavy atom. The van der Waals surface area contributed by atoms with Gasteiger partial charge in [0.1, 0.15) is 11.6 Å². The van der Waals surface area contributed by atoms with Gasteiger partial charge in [0.05, 0.1) is 73.5 Å².